The van der Waals surface area contributed by atoms with Gasteiger partial charge in [0, 0.05) is 70.2 Å². The second-order valence-corrected chi connectivity index (χ2v) is 20.3. The van der Waals surface area contributed by atoms with Crippen LogP contribution in [0.5, 0.6) is 0 Å². The number of nitrogens with zero attached hydrogens (tertiary/aromatic N) is 1. The first-order valence-corrected chi connectivity index (χ1v) is 24.4. The predicted molar refractivity (Wildman–Crippen MR) is 254 cm³/mol. The molecule has 14 nitrogen and oxygen atoms in total. The van der Waals surface area contributed by atoms with Crippen molar-refractivity contribution in [1.29, 1.82) is 0 Å². The van der Waals surface area contributed by atoms with Crippen LogP contribution in [0.4, 0.5) is 0 Å². The Balaban J connectivity index is 1.33. The van der Waals surface area contributed by atoms with Crippen LogP contribution in [0.25, 0.3) is 10.9 Å². The third-order valence-electron chi connectivity index (χ3n) is 15.3. The van der Waals surface area contributed by atoms with Crippen molar-refractivity contribution in [3.05, 3.63) is 72.0 Å². The lowest BCUT2D eigenvalue weighted by Gasteiger charge is -2.47. The van der Waals surface area contributed by atoms with Crippen LogP contribution in [0.2, 0.25) is 0 Å². The summed E-state index contributed by atoms with van der Waals surface area (Å²) in [7, 11) is 4.66. The van der Waals surface area contributed by atoms with E-state index in [2.05, 4.69) is 17.6 Å². The molecule has 2 bridgehead atoms. The van der Waals surface area contributed by atoms with Crippen molar-refractivity contribution in [1.82, 2.24) is 9.88 Å². The van der Waals surface area contributed by atoms with E-state index in [-0.39, 0.29) is 43.4 Å². The number of cyclic esters (lactones) is 1. The summed E-state index contributed by atoms with van der Waals surface area (Å²) in [5, 5.41) is 37.2. The smallest absolute Gasteiger partial charge is 0.329 e. The lowest BCUT2D eigenvalue weighted by molar-refractivity contribution is -0.302. The molecule has 1 aromatic carbocycles. The highest BCUT2D eigenvalue weighted by Crippen LogP contribution is 2.41. The molecule has 2 saturated heterocycles. The number of aromatic nitrogens is 1. The van der Waals surface area contributed by atoms with Crippen molar-refractivity contribution in [3.63, 3.8) is 0 Å². The minimum absolute atomic E-state index is 0.00365. The molecule has 1 saturated carbocycles. The number of carbonyl (C=O) groups excluding carboxylic acids is 4. The Morgan fingerprint density at radius 3 is 2.40 bits per heavy atom. The van der Waals surface area contributed by atoms with Gasteiger partial charge in [-0.3, -0.25) is 14.4 Å². The minimum atomic E-state index is -2.53. The van der Waals surface area contributed by atoms with Gasteiger partial charge in [-0.05, 0) is 125 Å². The molecule has 370 valence electrons. The number of hydrogen-bond acceptors (Lipinski definition) is 12. The maximum Gasteiger partial charge on any atom is 0.329 e. The Bertz CT molecular complexity index is 2130. The van der Waals surface area contributed by atoms with Gasteiger partial charge in [0.2, 0.25) is 5.79 Å². The van der Waals surface area contributed by atoms with E-state index in [1.165, 1.54) is 19.1 Å². The normalized spacial score (nSPS) is 37.8. The van der Waals surface area contributed by atoms with E-state index in [0.29, 0.717) is 63.4 Å². The lowest BCUT2D eigenvalue weighted by Crippen LogP contribution is -2.64. The number of aromatic amines is 1. The first-order chi connectivity index (χ1) is 31.9. The molecule has 14 heteroatoms. The van der Waals surface area contributed by atoms with Crippen LogP contribution in [0.3, 0.4) is 0 Å². The van der Waals surface area contributed by atoms with Crippen molar-refractivity contribution < 1.29 is 58.2 Å². The summed E-state index contributed by atoms with van der Waals surface area (Å²) < 4.78 is 30.4. The number of nitrogens with one attached hydrogen (secondary N) is 1. The zero-order valence-electron chi connectivity index (χ0n) is 40.9. The number of H-pyrrole nitrogens is 1. The molecule has 1 amide bonds. The summed E-state index contributed by atoms with van der Waals surface area (Å²) in [6, 6.07) is 6.93. The highest BCUT2D eigenvalue weighted by Gasteiger charge is 2.57. The van der Waals surface area contributed by atoms with Crippen LogP contribution in [0, 0.1) is 29.6 Å². The molecule has 14 unspecified atom stereocenters. The van der Waals surface area contributed by atoms with E-state index < -0.39 is 89.5 Å². The molecule has 1 aromatic heterocycles. The zero-order valence-corrected chi connectivity index (χ0v) is 40.9. The quantitative estimate of drug-likeness (QED) is 0.118. The molecule has 2 aromatic rings. The summed E-state index contributed by atoms with van der Waals surface area (Å²) >= 11 is 0. The second kappa shape index (κ2) is 22.6. The number of benzene rings is 1. The number of aliphatic hydroxyl groups excluding tert-OH is 1. The zero-order chi connectivity index (χ0) is 48.8. The number of esters is 1. The first-order valence-electron chi connectivity index (χ1n) is 24.4. The number of ether oxygens (including phenoxy) is 5. The molecular formula is C53H76N2O12. The van der Waals surface area contributed by atoms with Crippen molar-refractivity contribution in [2.45, 2.75) is 166 Å². The van der Waals surface area contributed by atoms with Gasteiger partial charge < -0.3 is 48.9 Å². The minimum Gasteiger partial charge on any atom is -0.456 e. The third-order valence-corrected chi connectivity index (χ3v) is 15.3. The third kappa shape index (κ3) is 11.9. The van der Waals surface area contributed by atoms with Gasteiger partial charge in [0.25, 0.3) is 11.7 Å². The molecule has 3 fully saturated rings. The van der Waals surface area contributed by atoms with E-state index in [9.17, 15) is 34.5 Å². The summed E-state index contributed by atoms with van der Waals surface area (Å²) in [5.74, 6) is -7.98. The number of Topliss-reactive ketones (excluding diaryl/α,β-unsaturated/α-hetero) is 2. The summed E-state index contributed by atoms with van der Waals surface area (Å²) in [5.41, 5.74) is 2.47. The highest BCUT2D eigenvalue weighted by atomic mass is 16.7. The van der Waals surface area contributed by atoms with Crippen LogP contribution in [0.15, 0.2) is 66.4 Å². The summed E-state index contributed by atoms with van der Waals surface area (Å²) in [6.07, 6.45) is 7.26. The summed E-state index contributed by atoms with van der Waals surface area (Å²) in [4.78, 5) is 61.9. The molecule has 3 aliphatic heterocycles. The molecule has 1 aliphatic carbocycles. The van der Waals surface area contributed by atoms with Crippen LogP contribution in [-0.2, 0) is 49.3 Å². The Kier molecular flexibility index (Phi) is 17.7. The lowest BCUT2D eigenvalue weighted by atomic mass is 9.73. The number of rotatable bonds is 9. The molecule has 0 spiro atoms. The monoisotopic (exact) mass is 933 g/mol. The molecule has 0 radical (unpaired) electrons. The van der Waals surface area contributed by atoms with Crippen LogP contribution in [-0.4, -0.2) is 131 Å². The number of allylic oxidation sites excluding steroid dienone is 4. The fourth-order valence-electron chi connectivity index (χ4n) is 11.3. The van der Waals surface area contributed by atoms with Gasteiger partial charge in [0.1, 0.15) is 24.0 Å². The van der Waals surface area contributed by atoms with Gasteiger partial charge in [-0.1, -0.05) is 50.6 Å². The number of hydrogen-bond donors (Lipinski definition) is 4. The Morgan fingerprint density at radius 1 is 0.970 bits per heavy atom. The van der Waals surface area contributed by atoms with Crippen LogP contribution >= 0.6 is 0 Å². The van der Waals surface area contributed by atoms with E-state index in [4.69, 9.17) is 23.7 Å². The maximum atomic E-state index is 14.6. The average Bonchev–Trinajstić information content (AvgIpc) is 3.78. The number of carbonyl (C=O) groups is 4. The number of piperidine rings is 1. The van der Waals surface area contributed by atoms with E-state index in [1.54, 1.807) is 27.0 Å². The molecule has 67 heavy (non-hydrogen) atoms. The van der Waals surface area contributed by atoms with Gasteiger partial charge >= 0.3 is 5.97 Å². The number of methoxy groups -OCH3 is 3. The molecule has 4 N–H and O–H groups in total. The second-order valence-electron chi connectivity index (χ2n) is 20.3. The van der Waals surface area contributed by atoms with Crippen molar-refractivity contribution >= 4 is 34.3 Å². The molecule has 6 rings (SSSR count). The van der Waals surface area contributed by atoms with Crippen LogP contribution < -0.4 is 0 Å². The Hall–Kier alpha value is -4.02. The fourth-order valence-corrected chi connectivity index (χ4v) is 11.3. The average molecular weight is 933 g/mol. The predicted octanol–water partition coefficient (Wildman–Crippen LogP) is 6.73. The molecule has 14 atom stereocenters. The number of fused-ring (bicyclic) bond motifs is 4. The van der Waals surface area contributed by atoms with E-state index in [1.807, 2.05) is 57.3 Å². The van der Waals surface area contributed by atoms with Crippen molar-refractivity contribution in [2.75, 3.05) is 27.9 Å². The van der Waals surface area contributed by atoms with Gasteiger partial charge in [0.05, 0.1) is 30.0 Å². The topological polar surface area (TPSA) is 194 Å². The number of ketones is 2. The van der Waals surface area contributed by atoms with Gasteiger partial charge in [-0.2, -0.15) is 0 Å². The van der Waals surface area contributed by atoms with Crippen LogP contribution in [0.1, 0.15) is 111 Å². The number of aliphatic hydroxyl groups is 3. The SMILES string of the molecule is C=CCC1/C=C(\C)CC(C)CC(OC)C2OC(O)(C(=O)C(=O)N3CCCCC3C(=O)OC(C(C)=CC3CCC(O)(Cc4ccc5[nH]ccc5c4)C(OC)C3)C(C)C(O)CC1=O)C(C)CC2OC. The van der Waals surface area contributed by atoms with Gasteiger partial charge in [-0.25, -0.2) is 4.79 Å². The maximum absolute atomic E-state index is 14.6. The fraction of sp³-hybridized carbons (Fsp3) is 0.660. The van der Waals surface area contributed by atoms with Crippen molar-refractivity contribution in [2.24, 2.45) is 29.6 Å². The largest absolute Gasteiger partial charge is 0.456 e. The highest BCUT2D eigenvalue weighted by molar-refractivity contribution is 6.39. The first kappa shape index (κ1) is 52.4. The molecular weight excluding hydrogens is 857 g/mol. The van der Waals surface area contributed by atoms with E-state index >= 15 is 0 Å². The molecule has 4 heterocycles. The Labute approximate surface area is 396 Å². The Morgan fingerprint density at radius 2 is 1.70 bits per heavy atom. The van der Waals surface area contributed by atoms with Gasteiger partial charge in [-0.15, -0.1) is 6.58 Å². The standard InChI is InChI=1S/C53H76N2O12/c1-10-13-39-23-31(2)22-32(3)24-44(63-7)48-45(64-8)26-34(5)53(62,67-48)49(58)50(59)55-21-12-11-14-41(55)51(60)66-47(35(6)42(56)29-43(39)57)33(4)25-36-17-19-52(61,46(28-36)65-9)30-37-15-16-40-38(27-37)18-20-54-40/h10,15-16,18,20,23,25,27,32,34-36,39,41-42,44-48,54,56,61-62H,1,11-14,17,19,21-22,24,26,28-30H2,2-9H3/b31-23+,33-25?. The molecule has 4 aliphatic rings. The van der Waals surface area contributed by atoms with E-state index in [0.717, 1.165) is 22.0 Å². The number of amides is 1. The van der Waals surface area contributed by atoms with Gasteiger partial charge in [0.15, 0.2) is 0 Å². The van der Waals surface area contributed by atoms with Crippen molar-refractivity contribution in [3.8, 4) is 0 Å². The summed E-state index contributed by atoms with van der Waals surface area (Å²) in [6.45, 7) is 13.2.